The maximum atomic E-state index is 11.6. The number of hydrogen-bond donors (Lipinski definition) is 2. The molecule has 1 rings (SSSR count). The van der Waals surface area contributed by atoms with Crippen molar-refractivity contribution in [2.45, 2.75) is 25.9 Å². The Morgan fingerprint density at radius 3 is 2.68 bits per heavy atom. The molecule has 1 unspecified atom stereocenters. The Bertz CT molecular complexity index is 476. The van der Waals surface area contributed by atoms with E-state index >= 15 is 0 Å². The summed E-state index contributed by atoms with van der Waals surface area (Å²) in [4.78, 5) is 22.4. The van der Waals surface area contributed by atoms with Gasteiger partial charge in [-0.3, -0.25) is 4.79 Å². The third-order valence-electron chi connectivity index (χ3n) is 2.66. The number of methoxy groups -OCH3 is 1. The van der Waals surface area contributed by atoms with Gasteiger partial charge < -0.3 is 15.2 Å². The first kappa shape index (κ1) is 15.5. The molecule has 0 radical (unpaired) electrons. The van der Waals surface area contributed by atoms with E-state index in [4.69, 9.17) is 21.4 Å². The number of carbonyl (C=O) groups excluding carboxylic acids is 1. The quantitative estimate of drug-likeness (QED) is 0.843. The van der Waals surface area contributed by atoms with Gasteiger partial charge in [-0.2, -0.15) is 0 Å². The number of nitrogens with one attached hydrogen (secondary N) is 1. The monoisotopic (exact) mass is 285 g/mol. The van der Waals surface area contributed by atoms with Crippen LogP contribution >= 0.6 is 11.6 Å². The molecule has 0 aliphatic heterocycles. The highest BCUT2D eigenvalue weighted by molar-refractivity contribution is 6.33. The van der Waals surface area contributed by atoms with Crippen LogP contribution in [0.3, 0.4) is 0 Å². The largest absolute Gasteiger partial charge is 0.478 e. The van der Waals surface area contributed by atoms with Crippen molar-refractivity contribution < 1.29 is 19.4 Å². The van der Waals surface area contributed by atoms with Crippen LogP contribution in [0, 0.1) is 0 Å². The number of rotatable bonds is 6. The summed E-state index contributed by atoms with van der Waals surface area (Å²) in [6.45, 7) is 1.88. The summed E-state index contributed by atoms with van der Waals surface area (Å²) in [5.41, 5.74) is 0.484. The second kappa shape index (κ2) is 7.11. The van der Waals surface area contributed by atoms with E-state index in [1.807, 2.05) is 6.92 Å². The Labute approximate surface area is 116 Å². The fraction of sp³-hybridized carbons (Fsp3) is 0.385. The van der Waals surface area contributed by atoms with E-state index in [-0.39, 0.29) is 22.6 Å². The molecular weight excluding hydrogens is 270 g/mol. The first-order valence-corrected chi connectivity index (χ1v) is 6.17. The van der Waals surface area contributed by atoms with Gasteiger partial charge in [-0.25, -0.2) is 4.79 Å². The number of anilines is 1. The van der Waals surface area contributed by atoms with Gasteiger partial charge in [0.15, 0.2) is 0 Å². The SMILES string of the molecule is COC(C)CCC(=O)Nc1ccc(C(=O)O)c(Cl)c1. The molecule has 0 saturated heterocycles. The maximum absolute atomic E-state index is 11.6. The standard InChI is InChI=1S/C13H16ClNO4/c1-8(19-2)3-6-12(16)15-9-4-5-10(13(17)18)11(14)7-9/h4-5,7-8H,3,6H2,1-2H3,(H,15,16)(H,17,18). The van der Waals surface area contributed by atoms with Crippen LogP contribution in [0.5, 0.6) is 0 Å². The van der Waals surface area contributed by atoms with Gasteiger partial charge in [0.1, 0.15) is 0 Å². The minimum absolute atomic E-state index is 0.00710. The van der Waals surface area contributed by atoms with Crippen molar-refractivity contribution in [1.82, 2.24) is 0 Å². The first-order chi connectivity index (χ1) is 8.93. The van der Waals surface area contributed by atoms with Crippen LogP contribution < -0.4 is 5.32 Å². The molecular formula is C13H16ClNO4. The highest BCUT2D eigenvalue weighted by Crippen LogP contribution is 2.21. The lowest BCUT2D eigenvalue weighted by Gasteiger charge is -2.10. The van der Waals surface area contributed by atoms with Crippen molar-refractivity contribution in [1.29, 1.82) is 0 Å². The van der Waals surface area contributed by atoms with Crippen molar-refractivity contribution in [3.8, 4) is 0 Å². The van der Waals surface area contributed by atoms with E-state index in [9.17, 15) is 9.59 Å². The molecule has 6 heteroatoms. The molecule has 0 spiro atoms. The van der Waals surface area contributed by atoms with E-state index in [0.29, 0.717) is 18.5 Å². The van der Waals surface area contributed by atoms with Crippen LogP contribution in [-0.2, 0) is 9.53 Å². The summed E-state index contributed by atoms with van der Waals surface area (Å²) >= 11 is 5.81. The Kier molecular flexibility index (Phi) is 5.79. The molecule has 2 N–H and O–H groups in total. The van der Waals surface area contributed by atoms with Crippen LogP contribution in [0.2, 0.25) is 5.02 Å². The first-order valence-electron chi connectivity index (χ1n) is 5.79. The number of halogens is 1. The second-order valence-electron chi connectivity index (χ2n) is 4.13. The Balaban J connectivity index is 2.60. The average Bonchev–Trinajstić information content (AvgIpc) is 2.35. The number of aromatic carboxylic acids is 1. The molecule has 0 saturated carbocycles. The summed E-state index contributed by atoms with van der Waals surface area (Å²) in [5.74, 6) is -1.26. The van der Waals surface area contributed by atoms with Gasteiger partial charge in [-0.1, -0.05) is 11.6 Å². The molecule has 0 bridgehead atoms. The highest BCUT2D eigenvalue weighted by Gasteiger charge is 2.11. The highest BCUT2D eigenvalue weighted by atomic mass is 35.5. The number of hydrogen-bond acceptors (Lipinski definition) is 3. The fourth-order valence-corrected chi connectivity index (χ4v) is 1.70. The van der Waals surface area contributed by atoms with Gasteiger partial charge in [0.2, 0.25) is 5.91 Å². The second-order valence-corrected chi connectivity index (χ2v) is 4.54. The molecule has 1 aromatic rings. The molecule has 0 fully saturated rings. The van der Waals surface area contributed by atoms with Crippen LogP contribution in [0.25, 0.3) is 0 Å². The molecule has 1 aromatic carbocycles. The van der Waals surface area contributed by atoms with Crippen LogP contribution in [0.15, 0.2) is 18.2 Å². The van der Waals surface area contributed by atoms with E-state index in [2.05, 4.69) is 5.32 Å². The lowest BCUT2D eigenvalue weighted by molar-refractivity contribution is -0.116. The topological polar surface area (TPSA) is 75.6 Å². The summed E-state index contributed by atoms with van der Waals surface area (Å²) in [6.07, 6.45) is 0.958. The van der Waals surface area contributed by atoms with Crippen molar-refractivity contribution >= 4 is 29.2 Å². The Morgan fingerprint density at radius 2 is 2.16 bits per heavy atom. The molecule has 0 aliphatic carbocycles. The zero-order valence-electron chi connectivity index (χ0n) is 10.8. The predicted octanol–water partition coefficient (Wildman–Crippen LogP) is 2.79. The van der Waals surface area contributed by atoms with Gasteiger partial charge in [0.05, 0.1) is 16.7 Å². The zero-order chi connectivity index (χ0) is 14.4. The van der Waals surface area contributed by atoms with E-state index in [0.717, 1.165) is 0 Å². The number of amides is 1. The number of carbonyl (C=O) groups is 2. The summed E-state index contributed by atoms with van der Waals surface area (Å²) in [7, 11) is 1.59. The predicted molar refractivity (Wildman–Crippen MR) is 72.7 cm³/mol. The number of benzene rings is 1. The van der Waals surface area contributed by atoms with Crippen molar-refractivity contribution in [3.63, 3.8) is 0 Å². The number of ether oxygens (including phenoxy) is 1. The molecule has 0 heterocycles. The van der Waals surface area contributed by atoms with Crippen LogP contribution in [0.1, 0.15) is 30.1 Å². The number of carboxylic acids is 1. The summed E-state index contributed by atoms with van der Waals surface area (Å²) in [6, 6.07) is 4.29. The van der Waals surface area contributed by atoms with Gasteiger partial charge in [-0.15, -0.1) is 0 Å². The maximum Gasteiger partial charge on any atom is 0.337 e. The summed E-state index contributed by atoms with van der Waals surface area (Å²) < 4.78 is 5.05. The van der Waals surface area contributed by atoms with Crippen molar-refractivity contribution in [2.24, 2.45) is 0 Å². The van der Waals surface area contributed by atoms with E-state index in [1.54, 1.807) is 7.11 Å². The Hall–Kier alpha value is -1.59. The molecule has 5 nitrogen and oxygen atoms in total. The van der Waals surface area contributed by atoms with Gasteiger partial charge in [0, 0.05) is 19.2 Å². The fourth-order valence-electron chi connectivity index (χ4n) is 1.44. The van der Waals surface area contributed by atoms with E-state index < -0.39 is 5.97 Å². The lowest BCUT2D eigenvalue weighted by atomic mass is 10.2. The normalized spacial score (nSPS) is 11.9. The molecule has 1 atom stereocenters. The Morgan fingerprint density at radius 1 is 1.47 bits per heavy atom. The van der Waals surface area contributed by atoms with E-state index in [1.165, 1.54) is 18.2 Å². The minimum Gasteiger partial charge on any atom is -0.478 e. The number of carboxylic acid groups (broad SMARTS) is 1. The van der Waals surface area contributed by atoms with Crippen molar-refractivity contribution in [2.75, 3.05) is 12.4 Å². The van der Waals surface area contributed by atoms with Gasteiger partial charge in [0.25, 0.3) is 0 Å². The third kappa shape index (κ3) is 4.89. The molecule has 104 valence electrons. The molecule has 0 aliphatic rings. The molecule has 0 aromatic heterocycles. The molecule has 1 amide bonds. The lowest BCUT2D eigenvalue weighted by Crippen LogP contribution is -2.15. The molecule has 19 heavy (non-hydrogen) atoms. The third-order valence-corrected chi connectivity index (χ3v) is 2.98. The van der Waals surface area contributed by atoms with Crippen LogP contribution in [0.4, 0.5) is 5.69 Å². The smallest absolute Gasteiger partial charge is 0.337 e. The minimum atomic E-state index is -1.10. The summed E-state index contributed by atoms with van der Waals surface area (Å²) in [5, 5.41) is 11.6. The van der Waals surface area contributed by atoms with Gasteiger partial charge >= 0.3 is 5.97 Å². The van der Waals surface area contributed by atoms with Gasteiger partial charge in [-0.05, 0) is 31.5 Å². The van der Waals surface area contributed by atoms with Crippen molar-refractivity contribution in [3.05, 3.63) is 28.8 Å². The van der Waals surface area contributed by atoms with Crippen LogP contribution in [-0.4, -0.2) is 30.2 Å². The zero-order valence-corrected chi connectivity index (χ0v) is 11.5. The average molecular weight is 286 g/mol.